The number of urea groups is 1. The summed E-state index contributed by atoms with van der Waals surface area (Å²) < 4.78 is 24.0. The Morgan fingerprint density at radius 3 is 2.37 bits per heavy atom. The third-order valence-corrected chi connectivity index (χ3v) is 7.33. The maximum Gasteiger partial charge on any atom is 0.317 e. The molecular formula is C26H41N3O5S. The van der Waals surface area contributed by atoms with Gasteiger partial charge in [-0.1, -0.05) is 50.3 Å². The summed E-state index contributed by atoms with van der Waals surface area (Å²) in [5, 5.41) is 17.0. The molecule has 196 valence electrons. The van der Waals surface area contributed by atoms with Crippen molar-refractivity contribution in [3.63, 3.8) is 0 Å². The lowest BCUT2D eigenvalue weighted by atomic mass is 9.99. The van der Waals surface area contributed by atoms with Gasteiger partial charge in [-0.15, -0.1) is 0 Å². The topological polar surface area (TPSA) is 116 Å². The van der Waals surface area contributed by atoms with E-state index in [1.165, 1.54) is 0 Å². The number of benzene rings is 1. The largest absolute Gasteiger partial charge is 0.389 e. The van der Waals surface area contributed by atoms with Gasteiger partial charge in [0.25, 0.3) is 0 Å². The van der Waals surface area contributed by atoms with E-state index in [4.69, 9.17) is 0 Å². The Morgan fingerprint density at radius 1 is 1.14 bits per heavy atom. The van der Waals surface area contributed by atoms with E-state index in [0.717, 1.165) is 12.0 Å². The van der Waals surface area contributed by atoms with Crippen LogP contribution in [0.2, 0.25) is 0 Å². The zero-order chi connectivity index (χ0) is 26.2. The number of rotatable bonds is 10. The van der Waals surface area contributed by atoms with Crippen LogP contribution in [-0.2, 0) is 21.1 Å². The van der Waals surface area contributed by atoms with Crippen LogP contribution in [0.1, 0.15) is 53.0 Å². The van der Waals surface area contributed by atoms with Crippen LogP contribution in [0.3, 0.4) is 0 Å². The molecule has 0 spiro atoms. The molecule has 1 aromatic rings. The number of hydrogen-bond donors (Lipinski definition) is 3. The van der Waals surface area contributed by atoms with Crippen LogP contribution >= 0.6 is 0 Å². The molecule has 1 aliphatic heterocycles. The van der Waals surface area contributed by atoms with Crippen LogP contribution in [0.15, 0.2) is 42.0 Å². The predicted octanol–water partition coefficient (Wildman–Crippen LogP) is 2.68. The number of sulfone groups is 1. The van der Waals surface area contributed by atoms with Crippen molar-refractivity contribution in [3.05, 3.63) is 47.5 Å². The van der Waals surface area contributed by atoms with Gasteiger partial charge in [0.15, 0.2) is 9.84 Å². The summed E-state index contributed by atoms with van der Waals surface area (Å²) in [7, 11) is -3.31. The van der Waals surface area contributed by atoms with Gasteiger partial charge in [-0.25, -0.2) is 13.2 Å². The van der Waals surface area contributed by atoms with E-state index in [1.54, 1.807) is 11.0 Å². The quantitative estimate of drug-likeness (QED) is 0.450. The Kier molecular flexibility index (Phi) is 10.3. The summed E-state index contributed by atoms with van der Waals surface area (Å²) >= 11 is 0. The molecule has 1 heterocycles. The van der Waals surface area contributed by atoms with Crippen LogP contribution in [-0.4, -0.2) is 72.6 Å². The summed E-state index contributed by atoms with van der Waals surface area (Å²) in [5.41, 5.74) is 0.674. The summed E-state index contributed by atoms with van der Waals surface area (Å²) in [5.74, 6) is -0.395. The van der Waals surface area contributed by atoms with E-state index in [-0.39, 0.29) is 29.7 Å². The number of allylic oxidation sites excluding steroid dienone is 1. The number of amides is 3. The molecule has 3 N–H and O–H groups in total. The van der Waals surface area contributed by atoms with Crippen molar-refractivity contribution in [2.24, 2.45) is 5.92 Å². The molecule has 35 heavy (non-hydrogen) atoms. The van der Waals surface area contributed by atoms with Crippen LogP contribution in [0, 0.1) is 5.92 Å². The summed E-state index contributed by atoms with van der Waals surface area (Å²) in [6, 6.07) is 8.46. The van der Waals surface area contributed by atoms with Crippen molar-refractivity contribution < 1.29 is 23.1 Å². The standard InChI is InChI=1S/C26H41N3O5S/c1-19(2)13-14-29(25(32)28-26(3,4)5)17-23(30)22(16-20-10-7-6-8-11-20)27-24(31)21-12-9-15-35(33,34)18-21/h6-8,10-12,19,22-23,30H,9,13-18H2,1-5H3,(H,27,31)(H,28,32)/t22-,23+/m0/s1. The number of aliphatic hydroxyl groups is 1. The molecule has 0 radical (unpaired) electrons. The number of nitrogens with zero attached hydrogens (tertiary/aromatic N) is 1. The highest BCUT2D eigenvalue weighted by Gasteiger charge is 2.30. The summed E-state index contributed by atoms with van der Waals surface area (Å²) in [6.07, 6.45) is 2.00. The first kappa shape index (κ1) is 28.8. The van der Waals surface area contributed by atoms with E-state index in [1.807, 2.05) is 51.1 Å². The van der Waals surface area contributed by atoms with Crippen LogP contribution in [0.4, 0.5) is 4.79 Å². The minimum absolute atomic E-state index is 0.0315. The number of carbonyl (C=O) groups is 2. The van der Waals surface area contributed by atoms with E-state index >= 15 is 0 Å². The van der Waals surface area contributed by atoms with Gasteiger partial charge in [0, 0.05) is 17.7 Å². The molecule has 2 rings (SSSR count). The molecule has 8 nitrogen and oxygen atoms in total. The normalized spacial score (nSPS) is 17.3. The first-order chi connectivity index (χ1) is 16.3. The van der Waals surface area contributed by atoms with Crippen LogP contribution in [0.25, 0.3) is 0 Å². The molecule has 3 amide bonds. The fraction of sp³-hybridized carbons (Fsp3) is 0.615. The molecule has 0 aromatic heterocycles. The molecule has 0 bridgehead atoms. The molecule has 0 saturated heterocycles. The van der Waals surface area contributed by atoms with E-state index in [0.29, 0.717) is 25.3 Å². The van der Waals surface area contributed by atoms with Gasteiger partial charge in [0.05, 0.1) is 30.2 Å². The van der Waals surface area contributed by atoms with Crippen molar-refractivity contribution >= 4 is 21.8 Å². The average molecular weight is 508 g/mol. The van der Waals surface area contributed by atoms with Crippen molar-refractivity contribution in [1.29, 1.82) is 0 Å². The van der Waals surface area contributed by atoms with E-state index < -0.39 is 33.4 Å². The molecule has 0 fully saturated rings. The van der Waals surface area contributed by atoms with Crippen molar-refractivity contribution in [2.75, 3.05) is 24.6 Å². The summed E-state index contributed by atoms with van der Waals surface area (Å²) in [6.45, 7) is 10.3. The van der Waals surface area contributed by atoms with Gasteiger partial charge >= 0.3 is 6.03 Å². The molecule has 0 unspecified atom stereocenters. The Balaban J connectivity index is 2.22. The monoisotopic (exact) mass is 507 g/mol. The highest BCUT2D eigenvalue weighted by atomic mass is 32.2. The fourth-order valence-corrected chi connectivity index (χ4v) is 5.14. The smallest absolute Gasteiger partial charge is 0.317 e. The van der Waals surface area contributed by atoms with Gasteiger partial charge in [-0.3, -0.25) is 4.79 Å². The molecule has 0 saturated carbocycles. The zero-order valence-corrected chi connectivity index (χ0v) is 22.4. The summed E-state index contributed by atoms with van der Waals surface area (Å²) in [4.78, 5) is 27.5. The highest BCUT2D eigenvalue weighted by molar-refractivity contribution is 7.91. The predicted molar refractivity (Wildman–Crippen MR) is 139 cm³/mol. The molecule has 1 aromatic carbocycles. The maximum atomic E-state index is 13.0. The fourth-order valence-electron chi connectivity index (χ4n) is 3.79. The first-order valence-corrected chi connectivity index (χ1v) is 14.1. The lowest BCUT2D eigenvalue weighted by Gasteiger charge is -2.33. The van der Waals surface area contributed by atoms with Gasteiger partial charge < -0.3 is 20.6 Å². The van der Waals surface area contributed by atoms with Crippen LogP contribution in [0.5, 0.6) is 0 Å². The molecule has 1 aliphatic rings. The zero-order valence-electron chi connectivity index (χ0n) is 21.6. The highest BCUT2D eigenvalue weighted by Crippen LogP contribution is 2.15. The number of hydrogen-bond acceptors (Lipinski definition) is 5. The second kappa shape index (κ2) is 12.5. The van der Waals surface area contributed by atoms with Gasteiger partial charge in [0.1, 0.15) is 0 Å². The van der Waals surface area contributed by atoms with Crippen molar-refractivity contribution in [3.8, 4) is 0 Å². The molecule has 0 aliphatic carbocycles. The van der Waals surface area contributed by atoms with Crippen molar-refractivity contribution in [2.45, 2.75) is 71.6 Å². The Bertz CT molecular complexity index is 984. The third-order valence-electron chi connectivity index (χ3n) is 5.72. The Hall–Kier alpha value is -2.39. The average Bonchev–Trinajstić information content (AvgIpc) is 2.74. The minimum Gasteiger partial charge on any atom is -0.389 e. The van der Waals surface area contributed by atoms with E-state index in [9.17, 15) is 23.1 Å². The van der Waals surface area contributed by atoms with E-state index in [2.05, 4.69) is 24.5 Å². The Labute approximate surface area is 210 Å². The second-order valence-corrected chi connectivity index (χ2v) is 12.9. The lowest BCUT2D eigenvalue weighted by molar-refractivity contribution is -0.119. The number of nitrogens with one attached hydrogen (secondary N) is 2. The third kappa shape index (κ3) is 10.4. The number of aliphatic hydroxyl groups excluding tert-OH is 1. The van der Waals surface area contributed by atoms with Gasteiger partial charge in [-0.05, 0) is 51.5 Å². The minimum atomic E-state index is -3.31. The maximum absolute atomic E-state index is 13.0. The Morgan fingerprint density at radius 2 is 1.80 bits per heavy atom. The van der Waals surface area contributed by atoms with Crippen LogP contribution < -0.4 is 10.6 Å². The molecule has 9 heteroatoms. The van der Waals surface area contributed by atoms with Gasteiger partial charge in [0.2, 0.25) is 5.91 Å². The number of carbonyl (C=O) groups excluding carboxylic acids is 2. The second-order valence-electron chi connectivity index (χ2n) is 10.8. The van der Waals surface area contributed by atoms with Crippen molar-refractivity contribution in [1.82, 2.24) is 15.5 Å². The first-order valence-electron chi connectivity index (χ1n) is 12.2. The molecule has 2 atom stereocenters. The van der Waals surface area contributed by atoms with Gasteiger partial charge in [-0.2, -0.15) is 0 Å². The SMILES string of the molecule is CC(C)CCN(C[C@@H](O)[C@H](Cc1ccccc1)NC(=O)C1=CCCS(=O)(=O)C1)C(=O)NC(C)(C)C. The molecular weight excluding hydrogens is 466 g/mol. The lowest BCUT2D eigenvalue weighted by Crippen LogP contribution is -2.55.